The lowest BCUT2D eigenvalue weighted by Crippen LogP contribution is -2.39. The number of hydrogen-bond donors (Lipinski definition) is 2. The molecular weight excluding hydrogens is 455 g/mol. The van der Waals surface area contributed by atoms with Crippen molar-refractivity contribution >= 4 is 52.9 Å². The molecule has 2 N–H and O–H groups in total. The van der Waals surface area contributed by atoms with E-state index < -0.39 is 0 Å². The predicted molar refractivity (Wildman–Crippen MR) is 115 cm³/mol. The lowest BCUT2D eigenvalue weighted by atomic mass is 10.1. The second-order valence-corrected chi connectivity index (χ2v) is 7.02. The van der Waals surface area contributed by atoms with Gasteiger partial charge in [0.2, 0.25) is 0 Å². The maximum atomic E-state index is 5.99. The van der Waals surface area contributed by atoms with Crippen LogP contribution in [0, 0.1) is 13.8 Å². The molecule has 1 aromatic heterocycles. The van der Waals surface area contributed by atoms with E-state index in [2.05, 4.69) is 33.6 Å². The molecule has 0 aliphatic carbocycles. The van der Waals surface area contributed by atoms with Crippen LogP contribution in [0.5, 0.6) is 0 Å². The lowest BCUT2D eigenvalue weighted by Gasteiger charge is -2.11. The Bertz CT molecular complexity index is 672. The molecule has 0 saturated heterocycles. The Hall–Kier alpha value is -0.860. The van der Waals surface area contributed by atoms with E-state index in [1.165, 1.54) is 10.4 Å². The highest BCUT2D eigenvalue weighted by Gasteiger charge is 2.05. The van der Waals surface area contributed by atoms with Crippen molar-refractivity contribution in [2.45, 2.75) is 26.7 Å². The van der Waals surface area contributed by atoms with E-state index in [9.17, 15) is 0 Å². The molecule has 2 aromatic rings. The Balaban J connectivity index is 0.00000288. The summed E-state index contributed by atoms with van der Waals surface area (Å²) in [6, 6.07) is 7.94. The Labute approximate surface area is 170 Å². The number of benzene rings is 1. The van der Waals surface area contributed by atoms with E-state index >= 15 is 0 Å². The van der Waals surface area contributed by atoms with Crippen LogP contribution in [-0.4, -0.2) is 31.1 Å². The van der Waals surface area contributed by atoms with Crippen LogP contribution in [0.3, 0.4) is 0 Å². The van der Waals surface area contributed by atoms with Crippen molar-refractivity contribution in [3.05, 3.63) is 50.4 Å². The number of aromatic nitrogens is 1. The molecule has 132 valence electrons. The van der Waals surface area contributed by atoms with E-state index in [1.54, 1.807) is 18.4 Å². The van der Waals surface area contributed by atoms with Crippen molar-refractivity contribution in [2.75, 3.05) is 20.1 Å². The minimum absolute atomic E-state index is 0. The highest BCUT2D eigenvalue weighted by atomic mass is 127. The van der Waals surface area contributed by atoms with Crippen molar-refractivity contribution in [3.63, 3.8) is 0 Å². The molecule has 0 spiro atoms. The first-order chi connectivity index (χ1) is 11.1. The summed E-state index contributed by atoms with van der Waals surface area (Å²) in [5, 5.41) is 8.58. The topological polar surface area (TPSA) is 49.3 Å². The minimum Gasteiger partial charge on any atom is -0.356 e. The van der Waals surface area contributed by atoms with Gasteiger partial charge in [0.1, 0.15) is 0 Å². The van der Waals surface area contributed by atoms with E-state index in [-0.39, 0.29) is 24.0 Å². The van der Waals surface area contributed by atoms with Crippen molar-refractivity contribution in [1.82, 2.24) is 15.6 Å². The number of halogens is 2. The Kier molecular flexibility index (Phi) is 9.61. The third-order valence-corrected chi connectivity index (χ3v) is 4.83. The third-order valence-electron chi connectivity index (χ3n) is 3.46. The average molecular weight is 479 g/mol. The molecule has 7 heteroatoms. The van der Waals surface area contributed by atoms with Gasteiger partial charge in [-0.3, -0.25) is 4.99 Å². The zero-order valence-corrected chi connectivity index (χ0v) is 18.1. The van der Waals surface area contributed by atoms with Crippen LogP contribution in [0.15, 0.2) is 29.3 Å². The average Bonchev–Trinajstić information content (AvgIpc) is 2.83. The first kappa shape index (κ1) is 21.2. The molecule has 0 atom stereocenters. The standard InChI is InChI=1S/C17H23ClN4S.HI/c1-12-16(23-13(2)22-12)8-10-21-17(19-3)20-9-7-14-5-4-6-15(18)11-14;/h4-6,11H,7-10H2,1-3H3,(H2,19,20,21);1H. The van der Waals surface area contributed by atoms with Crippen LogP contribution in [0.1, 0.15) is 21.1 Å². The predicted octanol–water partition coefficient (Wildman–Crippen LogP) is 3.98. The van der Waals surface area contributed by atoms with Gasteiger partial charge < -0.3 is 10.6 Å². The molecule has 0 bridgehead atoms. The Morgan fingerprint density at radius 1 is 1.21 bits per heavy atom. The molecule has 4 nitrogen and oxygen atoms in total. The summed E-state index contributed by atoms with van der Waals surface area (Å²) in [5.41, 5.74) is 2.36. The molecule has 0 saturated carbocycles. The van der Waals surface area contributed by atoms with Crippen LogP contribution in [0.25, 0.3) is 0 Å². The second-order valence-electron chi connectivity index (χ2n) is 5.30. The molecule has 0 aliphatic heterocycles. The summed E-state index contributed by atoms with van der Waals surface area (Å²) in [6.45, 7) is 5.78. The van der Waals surface area contributed by atoms with Crippen molar-refractivity contribution in [3.8, 4) is 0 Å². The van der Waals surface area contributed by atoms with E-state index in [4.69, 9.17) is 11.6 Å². The number of guanidine groups is 1. The summed E-state index contributed by atoms with van der Waals surface area (Å²) in [5.74, 6) is 0.825. The number of aryl methyl sites for hydroxylation is 2. The fraction of sp³-hybridized carbons (Fsp3) is 0.412. The highest BCUT2D eigenvalue weighted by Crippen LogP contribution is 2.17. The van der Waals surface area contributed by atoms with Gasteiger partial charge in [-0.25, -0.2) is 4.98 Å². The smallest absolute Gasteiger partial charge is 0.190 e. The molecule has 0 amide bonds. The first-order valence-corrected chi connectivity index (χ1v) is 8.90. The summed E-state index contributed by atoms with van der Waals surface area (Å²) in [7, 11) is 1.79. The molecule has 1 aromatic carbocycles. The maximum absolute atomic E-state index is 5.99. The van der Waals surface area contributed by atoms with E-state index in [1.807, 2.05) is 25.1 Å². The van der Waals surface area contributed by atoms with Gasteiger partial charge in [0.25, 0.3) is 0 Å². The highest BCUT2D eigenvalue weighted by molar-refractivity contribution is 14.0. The first-order valence-electron chi connectivity index (χ1n) is 7.70. The summed E-state index contributed by atoms with van der Waals surface area (Å²) < 4.78 is 0. The second kappa shape index (κ2) is 10.9. The number of aliphatic imine (C=N–C) groups is 1. The molecule has 0 unspecified atom stereocenters. The van der Waals surface area contributed by atoms with Crippen LogP contribution < -0.4 is 10.6 Å². The number of rotatable bonds is 6. The summed E-state index contributed by atoms with van der Waals surface area (Å²) in [6.07, 6.45) is 1.88. The fourth-order valence-corrected chi connectivity index (χ4v) is 3.49. The molecule has 0 fully saturated rings. The van der Waals surface area contributed by atoms with Crippen LogP contribution in [0.4, 0.5) is 0 Å². The Morgan fingerprint density at radius 3 is 2.50 bits per heavy atom. The van der Waals surface area contributed by atoms with E-state index in [0.717, 1.165) is 47.6 Å². The van der Waals surface area contributed by atoms with Crippen molar-refractivity contribution < 1.29 is 0 Å². The van der Waals surface area contributed by atoms with Gasteiger partial charge in [-0.05, 0) is 38.0 Å². The van der Waals surface area contributed by atoms with Crippen LogP contribution in [0.2, 0.25) is 5.02 Å². The molecular formula is C17H24ClIN4S. The maximum Gasteiger partial charge on any atom is 0.190 e. The van der Waals surface area contributed by atoms with Gasteiger partial charge in [-0.1, -0.05) is 23.7 Å². The third kappa shape index (κ3) is 6.94. The monoisotopic (exact) mass is 478 g/mol. The molecule has 24 heavy (non-hydrogen) atoms. The van der Waals surface area contributed by atoms with Crippen molar-refractivity contribution in [2.24, 2.45) is 4.99 Å². The zero-order chi connectivity index (χ0) is 16.7. The van der Waals surface area contributed by atoms with Crippen LogP contribution in [-0.2, 0) is 12.8 Å². The lowest BCUT2D eigenvalue weighted by molar-refractivity contribution is 0.785. The van der Waals surface area contributed by atoms with Crippen LogP contribution >= 0.6 is 46.9 Å². The Morgan fingerprint density at radius 2 is 1.92 bits per heavy atom. The molecule has 0 radical (unpaired) electrons. The minimum atomic E-state index is 0. The molecule has 0 aliphatic rings. The van der Waals surface area contributed by atoms with Gasteiger partial charge >= 0.3 is 0 Å². The molecule has 1 heterocycles. The SMILES string of the molecule is CN=C(NCCc1cccc(Cl)c1)NCCc1sc(C)nc1C.I. The van der Waals surface area contributed by atoms with Gasteiger partial charge in [-0.2, -0.15) is 0 Å². The zero-order valence-electron chi connectivity index (χ0n) is 14.2. The van der Waals surface area contributed by atoms with Gasteiger partial charge in [0, 0.05) is 36.5 Å². The van der Waals surface area contributed by atoms with Crippen molar-refractivity contribution in [1.29, 1.82) is 0 Å². The number of nitrogens with zero attached hydrogens (tertiary/aromatic N) is 2. The van der Waals surface area contributed by atoms with Gasteiger partial charge in [0.05, 0.1) is 10.7 Å². The number of thiazole rings is 1. The quantitative estimate of drug-likeness (QED) is 0.375. The van der Waals surface area contributed by atoms with E-state index in [0.29, 0.717) is 0 Å². The summed E-state index contributed by atoms with van der Waals surface area (Å²) in [4.78, 5) is 10.0. The summed E-state index contributed by atoms with van der Waals surface area (Å²) >= 11 is 7.76. The van der Waals surface area contributed by atoms with Gasteiger partial charge in [0.15, 0.2) is 5.96 Å². The number of hydrogen-bond acceptors (Lipinski definition) is 3. The number of nitrogens with one attached hydrogen (secondary N) is 2. The fourth-order valence-electron chi connectivity index (χ4n) is 2.34. The largest absolute Gasteiger partial charge is 0.356 e. The molecule has 2 rings (SSSR count). The normalized spacial score (nSPS) is 11.1. The van der Waals surface area contributed by atoms with Gasteiger partial charge in [-0.15, -0.1) is 35.3 Å².